The summed E-state index contributed by atoms with van der Waals surface area (Å²) in [6, 6.07) is 0. The molecule has 0 amide bonds. The molecule has 4 bridgehead atoms. The molecule has 156 valence electrons. The third-order valence-electron chi connectivity index (χ3n) is 9.96. The topological polar surface area (TPSA) is 0 Å². The van der Waals surface area contributed by atoms with Gasteiger partial charge in [0, 0.05) is 0 Å². The van der Waals surface area contributed by atoms with Gasteiger partial charge in [-0.25, -0.2) is 0 Å². The average molecular weight is 365 g/mol. The molecule has 0 nitrogen and oxygen atoms in total. The maximum atomic E-state index is 2.43. The zero-order valence-corrected chi connectivity index (χ0v) is 18.0. The van der Waals surface area contributed by atoms with Crippen molar-refractivity contribution in [3.05, 3.63) is 0 Å². The zero-order valence-electron chi connectivity index (χ0n) is 18.0. The van der Waals surface area contributed by atoms with E-state index in [-0.39, 0.29) is 14.9 Å². The molecule has 5 fully saturated rings. The van der Waals surface area contributed by atoms with Gasteiger partial charge in [-0.1, -0.05) is 70.2 Å². The third kappa shape index (κ3) is 3.30. The predicted octanol–water partition coefficient (Wildman–Crippen LogP) is 8.99. The lowest BCUT2D eigenvalue weighted by molar-refractivity contribution is -0.252. The van der Waals surface area contributed by atoms with Crippen LogP contribution in [0.25, 0.3) is 0 Å². The van der Waals surface area contributed by atoms with Gasteiger partial charge in [-0.2, -0.15) is 0 Å². The molecule has 0 aromatic rings. The molecule has 0 heteroatoms. The van der Waals surface area contributed by atoms with Gasteiger partial charge < -0.3 is 0 Å². The van der Waals surface area contributed by atoms with Gasteiger partial charge >= 0.3 is 0 Å². The summed E-state index contributed by atoms with van der Waals surface area (Å²) >= 11 is 0. The maximum absolute atomic E-state index is 2.43. The second-order valence-corrected chi connectivity index (χ2v) is 11.8. The summed E-state index contributed by atoms with van der Waals surface area (Å²) in [5.41, 5.74) is 3.13. The van der Waals surface area contributed by atoms with E-state index in [1.54, 1.807) is 0 Å². The van der Waals surface area contributed by atoms with Gasteiger partial charge in [0.25, 0.3) is 0 Å². The van der Waals surface area contributed by atoms with Crippen LogP contribution in [0.3, 0.4) is 0 Å². The van der Waals surface area contributed by atoms with Crippen LogP contribution in [-0.4, -0.2) is 0 Å². The normalized spacial score (nSPS) is 42.0. The van der Waals surface area contributed by atoms with Crippen molar-refractivity contribution in [2.75, 3.05) is 0 Å². The van der Waals surface area contributed by atoms with Crippen LogP contribution < -0.4 is 0 Å². The van der Waals surface area contributed by atoms with Gasteiger partial charge in [-0.3, -0.25) is 0 Å². The van der Waals surface area contributed by atoms with E-state index in [2.05, 4.69) is 55.4 Å². The van der Waals surface area contributed by atoms with Crippen molar-refractivity contribution in [1.82, 2.24) is 0 Å². The van der Waals surface area contributed by atoms with Crippen LogP contribution in [0.5, 0.6) is 0 Å². The van der Waals surface area contributed by atoms with Crippen LogP contribution in [0.1, 0.15) is 122 Å². The molecule has 0 aromatic carbocycles. The lowest BCUT2D eigenvalue weighted by Crippen LogP contribution is -2.66. The van der Waals surface area contributed by atoms with Gasteiger partial charge in [-0.05, 0) is 96.7 Å². The minimum absolute atomic E-state index is 0. The Labute approximate surface area is 167 Å². The first-order valence-electron chi connectivity index (χ1n) is 11.0. The van der Waals surface area contributed by atoms with Gasteiger partial charge in [0.15, 0.2) is 0 Å². The van der Waals surface area contributed by atoms with Crippen LogP contribution in [0, 0.1) is 45.3 Å². The fourth-order valence-corrected chi connectivity index (χ4v) is 7.04. The van der Waals surface area contributed by atoms with E-state index in [1.165, 1.54) is 51.4 Å². The molecule has 0 atom stereocenters. The van der Waals surface area contributed by atoms with E-state index in [4.69, 9.17) is 0 Å². The van der Waals surface area contributed by atoms with Crippen LogP contribution in [0.4, 0.5) is 0 Å². The van der Waals surface area contributed by atoms with Crippen LogP contribution in [0.2, 0.25) is 0 Å². The third-order valence-corrected chi connectivity index (χ3v) is 9.96. The first-order chi connectivity index (χ1) is 11.0. The number of hydrogen-bond donors (Lipinski definition) is 0. The van der Waals surface area contributed by atoms with Crippen LogP contribution in [0.15, 0.2) is 0 Å². The molecule has 0 aliphatic heterocycles. The van der Waals surface area contributed by atoms with Crippen LogP contribution in [-0.2, 0) is 0 Å². The molecule has 5 aliphatic carbocycles. The van der Waals surface area contributed by atoms with E-state index < -0.39 is 0 Å². The van der Waals surface area contributed by atoms with Gasteiger partial charge in [0.2, 0.25) is 0 Å². The van der Waals surface area contributed by atoms with Crippen molar-refractivity contribution in [1.29, 1.82) is 0 Å². The van der Waals surface area contributed by atoms with E-state index >= 15 is 0 Å². The molecule has 0 N–H and O–H groups in total. The fraction of sp³-hybridized carbons (Fsp3) is 1.00. The molecular formula is C26H52. The van der Waals surface area contributed by atoms with Crippen molar-refractivity contribution in [2.45, 2.75) is 122 Å². The van der Waals surface area contributed by atoms with Crippen molar-refractivity contribution in [2.24, 2.45) is 45.3 Å². The lowest BCUT2D eigenvalue weighted by atomic mass is 9.30. The minimum atomic E-state index is 0. The predicted molar refractivity (Wildman–Crippen MR) is 119 cm³/mol. The Hall–Kier alpha value is 0. The Balaban J connectivity index is 0.000000244. The maximum Gasteiger partial charge on any atom is -0.0258 e. The average Bonchev–Trinajstić information content (AvgIpc) is 2.93. The second-order valence-electron chi connectivity index (χ2n) is 11.8. The molecule has 5 aliphatic rings. The highest BCUT2D eigenvalue weighted by molar-refractivity contribution is 5.18. The molecule has 5 rings (SSSR count). The van der Waals surface area contributed by atoms with Crippen molar-refractivity contribution in [3.63, 3.8) is 0 Å². The van der Waals surface area contributed by atoms with E-state index in [0.29, 0.717) is 0 Å². The lowest BCUT2D eigenvalue weighted by Gasteiger charge is -2.75. The summed E-state index contributed by atoms with van der Waals surface area (Å²) in [7, 11) is 0. The van der Waals surface area contributed by atoms with Crippen molar-refractivity contribution < 1.29 is 0 Å². The quantitative estimate of drug-likeness (QED) is 0.467. The Morgan fingerprint density at radius 1 is 0.385 bits per heavy atom. The largest absolute Gasteiger partial charge is 0.0776 e. The Morgan fingerprint density at radius 3 is 0.731 bits per heavy atom. The first kappa shape index (κ1) is 24.0. The summed E-state index contributed by atoms with van der Waals surface area (Å²) in [5.74, 6) is 3.69. The molecule has 0 spiro atoms. The monoisotopic (exact) mass is 364 g/mol. The van der Waals surface area contributed by atoms with Crippen molar-refractivity contribution in [3.8, 4) is 0 Å². The molecule has 0 saturated heterocycles. The number of fused-ring (bicyclic) bond motifs is 2. The summed E-state index contributed by atoms with van der Waals surface area (Å²) in [6.07, 6.45) is 12.2. The number of rotatable bonds is 4. The summed E-state index contributed by atoms with van der Waals surface area (Å²) in [6.45, 7) is 19.3. The highest BCUT2D eigenvalue weighted by Crippen LogP contribution is 2.78. The summed E-state index contributed by atoms with van der Waals surface area (Å²) in [5, 5.41) is 0. The van der Waals surface area contributed by atoms with Gasteiger partial charge in [0.1, 0.15) is 0 Å². The Bertz CT molecular complexity index is 397. The highest BCUT2D eigenvalue weighted by Gasteiger charge is 2.69. The standard InChI is InChI=1S/C13H24.C11H20.2CH4/c1-10(2)12-5-7-13(9-12,8-6-12)11(3)4;1-8(2)10-5-11(6-10,7-10)9(3)4;;/h10-11H,5-9H2,1-4H3;8-9H,5-7H2,1-4H3;2*1H4. The molecular weight excluding hydrogens is 312 g/mol. The zero-order chi connectivity index (χ0) is 18.0. The van der Waals surface area contributed by atoms with Gasteiger partial charge in [0.05, 0.1) is 0 Å². The Morgan fingerprint density at radius 2 is 0.577 bits per heavy atom. The molecule has 0 radical (unpaired) electrons. The molecule has 0 heterocycles. The van der Waals surface area contributed by atoms with E-state index in [1.807, 2.05) is 0 Å². The highest BCUT2D eigenvalue weighted by atomic mass is 14.7. The van der Waals surface area contributed by atoms with Crippen molar-refractivity contribution >= 4 is 0 Å². The fourth-order valence-electron chi connectivity index (χ4n) is 7.04. The van der Waals surface area contributed by atoms with Gasteiger partial charge in [-0.15, -0.1) is 0 Å². The first-order valence-corrected chi connectivity index (χ1v) is 11.0. The molecule has 0 aromatic heterocycles. The van der Waals surface area contributed by atoms with Crippen LogP contribution >= 0.6 is 0 Å². The summed E-state index contributed by atoms with van der Waals surface area (Å²) in [4.78, 5) is 0. The Kier molecular flexibility index (Phi) is 6.88. The van der Waals surface area contributed by atoms with E-state index in [0.717, 1.165) is 45.3 Å². The second kappa shape index (κ2) is 7.44. The summed E-state index contributed by atoms with van der Waals surface area (Å²) < 4.78 is 0. The smallest absolute Gasteiger partial charge is 0.0258 e. The molecule has 26 heavy (non-hydrogen) atoms. The molecule has 5 saturated carbocycles. The minimum Gasteiger partial charge on any atom is -0.0776 e. The SMILES string of the molecule is C.C.CC(C)C12CC(C(C)C)(C1)C2.CC(C)C12CCC(C(C)C)(CC1)C2. The molecule has 0 unspecified atom stereocenters. The van der Waals surface area contributed by atoms with E-state index in [9.17, 15) is 0 Å². The number of hydrogen-bond acceptors (Lipinski definition) is 0.